The first-order valence-electron chi connectivity index (χ1n) is 13.1. The fourth-order valence-corrected chi connectivity index (χ4v) is 3.94. The maximum atomic E-state index is 13.5. The van der Waals surface area contributed by atoms with Gasteiger partial charge in [-0.15, -0.1) is 0 Å². The number of pyridine rings is 1. The van der Waals surface area contributed by atoms with E-state index in [9.17, 15) is 9.18 Å². The number of rotatable bonds is 5. The Morgan fingerprint density at radius 2 is 1.84 bits per heavy atom. The molecule has 4 heterocycles. The molecule has 1 atom stereocenters. The number of ether oxygens (including phenoxy) is 1. The third kappa shape index (κ3) is 8.10. The molecule has 0 bridgehead atoms. The van der Waals surface area contributed by atoms with Crippen molar-refractivity contribution in [2.45, 2.75) is 53.9 Å². The smallest absolute Gasteiger partial charge is 0.213 e. The summed E-state index contributed by atoms with van der Waals surface area (Å²) in [5, 5.41) is 3.19. The number of carbonyl (C=O) groups is 1. The topological polar surface area (TPSA) is 75.5 Å². The van der Waals surface area contributed by atoms with Crippen LogP contribution in [-0.4, -0.2) is 64.0 Å². The summed E-state index contributed by atoms with van der Waals surface area (Å²) in [5.41, 5.74) is 3.02. The zero-order valence-corrected chi connectivity index (χ0v) is 22.9. The van der Waals surface area contributed by atoms with Gasteiger partial charge in [-0.1, -0.05) is 33.8 Å². The van der Waals surface area contributed by atoms with E-state index in [1.807, 2.05) is 64.1 Å². The van der Waals surface area contributed by atoms with E-state index in [2.05, 4.69) is 26.8 Å². The second-order valence-electron chi connectivity index (χ2n) is 8.00. The van der Waals surface area contributed by atoms with Gasteiger partial charge in [0.05, 0.1) is 36.5 Å². The lowest BCUT2D eigenvalue weighted by Gasteiger charge is -2.25. The van der Waals surface area contributed by atoms with Crippen molar-refractivity contribution in [3.8, 4) is 0 Å². The van der Waals surface area contributed by atoms with E-state index in [0.717, 1.165) is 56.0 Å². The van der Waals surface area contributed by atoms with Crippen LogP contribution in [0.15, 0.2) is 48.8 Å². The quantitative estimate of drug-likeness (QED) is 0.382. The summed E-state index contributed by atoms with van der Waals surface area (Å²) in [6, 6.07) is 10.3. The molecule has 37 heavy (non-hydrogen) atoms. The largest absolute Gasteiger partial charge is 0.379 e. The van der Waals surface area contributed by atoms with Gasteiger partial charge in [0.1, 0.15) is 18.3 Å². The number of carbonyl (C=O) groups excluding carboxylic acids is 1. The molecule has 9 heteroatoms. The molecule has 2 aliphatic heterocycles. The Morgan fingerprint density at radius 1 is 1.11 bits per heavy atom. The maximum absolute atomic E-state index is 13.5. The molecular formula is C28H41FN6O2. The van der Waals surface area contributed by atoms with E-state index < -0.39 is 5.95 Å². The Balaban J connectivity index is 0.000000371. The van der Waals surface area contributed by atoms with Gasteiger partial charge in [0.2, 0.25) is 5.95 Å². The van der Waals surface area contributed by atoms with Crippen molar-refractivity contribution in [1.29, 1.82) is 0 Å². The van der Waals surface area contributed by atoms with Gasteiger partial charge < -0.3 is 24.4 Å². The third-order valence-electron chi connectivity index (χ3n) is 5.73. The number of benzene rings is 1. The average Bonchev–Trinajstić information content (AvgIpc) is 3.55. The molecule has 3 aromatic rings. The SMILES string of the molecule is CC.CC.CCn1c(CN2C=CNC2c2cccc(F)n2)nc2ccc(C=O)cc21.CN1CCOCC1. The van der Waals surface area contributed by atoms with Gasteiger partial charge in [-0.25, -0.2) is 9.97 Å². The third-order valence-corrected chi connectivity index (χ3v) is 5.73. The van der Waals surface area contributed by atoms with Gasteiger partial charge in [0.25, 0.3) is 0 Å². The average molecular weight is 513 g/mol. The number of aryl methyl sites for hydroxylation is 1. The lowest BCUT2D eigenvalue weighted by molar-refractivity contribution is 0.0503. The minimum absolute atomic E-state index is 0.249. The summed E-state index contributed by atoms with van der Waals surface area (Å²) in [4.78, 5) is 24.1. The van der Waals surface area contributed by atoms with Gasteiger partial charge in [-0.2, -0.15) is 4.39 Å². The van der Waals surface area contributed by atoms with Gasteiger partial charge in [0, 0.05) is 37.6 Å². The molecule has 0 spiro atoms. The molecule has 0 radical (unpaired) electrons. The molecule has 2 aliphatic rings. The number of hydrogen-bond donors (Lipinski definition) is 1. The maximum Gasteiger partial charge on any atom is 0.213 e. The van der Waals surface area contributed by atoms with Crippen LogP contribution in [0.2, 0.25) is 0 Å². The molecule has 0 aliphatic carbocycles. The van der Waals surface area contributed by atoms with E-state index in [4.69, 9.17) is 9.72 Å². The number of nitrogens with one attached hydrogen (secondary N) is 1. The first-order valence-corrected chi connectivity index (χ1v) is 13.1. The van der Waals surface area contributed by atoms with E-state index in [1.54, 1.807) is 18.2 Å². The van der Waals surface area contributed by atoms with Crippen molar-refractivity contribution in [2.75, 3.05) is 33.4 Å². The zero-order chi connectivity index (χ0) is 27.2. The van der Waals surface area contributed by atoms with Gasteiger partial charge in [-0.05, 0) is 44.3 Å². The second-order valence-corrected chi connectivity index (χ2v) is 8.00. The molecule has 1 N–H and O–H groups in total. The number of hydrogen-bond acceptors (Lipinski definition) is 7. The fraction of sp³-hybridized carbons (Fsp3) is 0.464. The van der Waals surface area contributed by atoms with Crippen molar-refractivity contribution in [2.24, 2.45) is 0 Å². The fourth-order valence-electron chi connectivity index (χ4n) is 3.94. The molecule has 8 nitrogen and oxygen atoms in total. The van der Waals surface area contributed by atoms with Crippen LogP contribution < -0.4 is 5.32 Å². The number of nitrogens with zero attached hydrogens (tertiary/aromatic N) is 5. The monoisotopic (exact) mass is 512 g/mol. The highest BCUT2D eigenvalue weighted by Gasteiger charge is 2.24. The molecule has 2 aromatic heterocycles. The van der Waals surface area contributed by atoms with Crippen LogP contribution in [0.4, 0.5) is 4.39 Å². The molecule has 1 fully saturated rings. The van der Waals surface area contributed by atoms with E-state index in [0.29, 0.717) is 17.8 Å². The number of likely N-dealkylation sites (N-methyl/N-ethyl adjacent to an activating group) is 1. The first kappa shape index (κ1) is 29.9. The Labute approximate surface area is 220 Å². The number of fused-ring (bicyclic) bond motifs is 1. The van der Waals surface area contributed by atoms with Crippen molar-refractivity contribution in [3.63, 3.8) is 0 Å². The van der Waals surface area contributed by atoms with E-state index in [-0.39, 0.29) is 6.17 Å². The molecule has 0 saturated carbocycles. The minimum Gasteiger partial charge on any atom is -0.379 e. The summed E-state index contributed by atoms with van der Waals surface area (Å²) < 4.78 is 20.7. The Morgan fingerprint density at radius 3 is 2.43 bits per heavy atom. The van der Waals surface area contributed by atoms with Gasteiger partial charge >= 0.3 is 0 Å². The van der Waals surface area contributed by atoms with E-state index >= 15 is 0 Å². The van der Waals surface area contributed by atoms with Crippen LogP contribution in [0.3, 0.4) is 0 Å². The van der Waals surface area contributed by atoms with Crippen molar-refractivity contribution >= 4 is 17.3 Å². The zero-order valence-electron chi connectivity index (χ0n) is 22.9. The van der Waals surface area contributed by atoms with E-state index in [1.165, 1.54) is 6.07 Å². The molecule has 5 rings (SSSR count). The molecule has 1 saturated heterocycles. The van der Waals surface area contributed by atoms with Crippen LogP contribution in [0.1, 0.15) is 62.7 Å². The van der Waals surface area contributed by atoms with Crippen molar-refractivity contribution < 1.29 is 13.9 Å². The standard InChI is InChI=1S/C19H18FN5O.C5H11NO.2C2H6/c1-2-25-16-10-13(12-26)6-7-14(16)23-18(25)11-24-9-8-21-19(24)15-4-3-5-17(20)22-15;1-6-2-4-7-5-3-6;2*1-2/h3-10,12,19,21H,2,11H2,1H3;2-5H2,1H3;2*1-2H3. The van der Waals surface area contributed by atoms with Crippen LogP contribution in [0, 0.1) is 5.95 Å². The number of halogens is 1. The minimum atomic E-state index is -0.502. The second kappa shape index (κ2) is 15.7. The highest BCUT2D eigenvalue weighted by atomic mass is 19.1. The normalized spacial score (nSPS) is 16.5. The Hall–Kier alpha value is -3.30. The van der Waals surface area contributed by atoms with Crippen LogP contribution in [0.5, 0.6) is 0 Å². The summed E-state index contributed by atoms with van der Waals surface area (Å²) in [6.45, 7) is 15.3. The number of morpholine rings is 1. The molecule has 1 unspecified atom stereocenters. The van der Waals surface area contributed by atoms with Crippen LogP contribution >= 0.6 is 0 Å². The highest BCUT2D eigenvalue weighted by Crippen LogP contribution is 2.25. The van der Waals surface area contributed by atoms with Gasteiger partial charge in [-0.3, -0.25) is 4.79 Å². The molecular weight excluding hydrogens is 471 g/mol. The molecule has 0 amide bonds. The predicted molar refractivity (Wildman–Crippen MR) is 147 cm³/mol. The van der Waals surface area contributed by atoms with Crippen molar-refractivity contribution in [1.82, 2.24) is 29.7 Å². The Bertz CT molecular complexity index is 1130. The van der Waals surface area contributed by atoms with Crippen LogP contribution in [-0.2, 0) is 17.8 Å². The summed E-state index contributed by atoms with van der Waals surface area (Å²) in [6.07, 6.45) is 4.32. The number of aromatic nitrogens is 3. The first-order chi connectivity index (χ1) is 18.1. The predicted octanol–water partition coefficient (Wildman–Crippen LogP) is 4.98. The summed E-state index contributed by atoms with van der Waals surface area (Å²) in [5.74, 6) is 0.374. The lowest BCUT2D eigenvalue weighted by atomic mass is 10.2. The highest BCUT2D eigenvalue weighted by molar-refractivity contribution is 5.85. The molecule has 1 aromatic carbocycles. The van der Waals surface area contributed by atoms with Crippen molar-refractivity contribution in [3.05, 3.63) is 71.8 Å². The number of aldehydes is 1. The summed E-state index contributed by atoms with van der Waals surface area (Å²) >= 11 is 0. The number of imidazole rings is 1. The lowest BCUT2D eigenvalue weighted by Crippen LogP contribution is -2.32. The van der Waals surface area contributed by atoms with Gasteiger partial charge in [0.15, 0.2) is 0 Å². The molecule has 202 valence electrons. The Kier molecular flexibility index (Phi) is 12.7. The summed E-state index contributed by atoms with van der Waals surface area (Å²) in [7, 11) is 2.11. The van der Waals surface area contributed by atoms with Crippen LogP contribution in [0.25, 0.3) is 11.0 Å².